The molecule has 92 valence electrons. The standard InChI is InChI=1S/C11H14N2O3S/c1-5-4-12-10(17-5)13-8(14)6-7(9(15)16)11(6,2)3/h4,6-7H,1-3H3,(H,15,16)(H,12,13,14)/t6-,7+/m0/s1. The second-order valence-corrected chi connectivity index (χ2v) is 6.12. The van der Waals surface area contributed by atoms with Gasteiger partial charge in [-0.05, 0) is 12.3 Å². The zero-order valence-electron chi connectivity index (χ0n) is 9.85. The van der Waals surface area contributed by atoms with E-state index in [-0.39, 0.29) is 5.91 Å². The first kappa shape index (κ1) is 12.0. The van der Waals surface area contributed by atoms with Gasteiger partial charge in [0.05, 0.1) is 11.8 Å². The zero-order chi connectivity index (χ0) is 12.8. The topological polar surface area (TPSA) is 79.3 Å². The average molecular weight is 254 g/mol. The molecule has 0 aromatic carbocycles. The lowest BCUT2D eigenvalue weighted by Gasteiger charge is -2.02. The van der Waals surface area contributed by atoms with Gasteiger partial charge in [0.15, 0.2) is 5.13 Å². The molecule has 0 spiro atoms. The summed E-state index contributed by atoms with van der Waals surface area (Å²) in [7, 11) is 0. The smallest absolute Gasteiger partial charge is 0.307 e. The van der Waals surface area contributed by atoms with E-state index in [1.807, 2.05) is 6.92 Å². The number of hydrogen-bond acceptors (Lipinski definition) is 4. The third-order valence-corrected chi connectivity index (χ3v) is 4.06. The molecule has 0 saturated heterocycles. The maximum Gasteiger partial charge on any atom is 0.307 e. The van der Waals surface area contributed by atoms with Crippen molar-refractivity contribution in [2.24, 2.45) is 17.3 Å². The van der Waals surface area contributed by atoms with Crippen LogP contribution < -0.4 is 5.32 Å². The van der Waals surface area contributed by atoms with Crippen molar-refractivity contribution in [3.05, 3.63) is 11.1 Å². The molecule has 0 radical (unpaired) electrons. The summed E-state index contributed by atoms with van der Waals surface area (Å²) in [4.78, 5) is 27.9. The number of aromatic nitrogens is 1. The number of nitrogens with one attached hydrogen (secondary N) is 1. The quantitative estimate of drug-likeness (QED) is 0.861. The van der Waals surface area contributed by atoms with Crippen LogP contribution in [-0.4, -0.2) is 22.0 Å². The van der Waals surface area contributed by atoms with Gasteiger partial charge in [-0.2, -0.15) is 0 Å². The molecule has 1 fully saturated rings. The van der Waals surface area contributed by atoms with E-state index >= 15 is 0 Å². The Bertz CT molecular complexity index is 481. The van der Waals surface area contributed by atoms with Crippen LogP contribution in [0.2, 0.25) is 0 Å². The lowest BCUT2D eigenvalue weighted by molar-refractivity contribution is -0.140. The van der Waals surface area contributed by atoms with Gasteiger partial charge >= 0.3 is 5.97 Å². The van der Waals surface area contributed by atoms with E-state index in [0.29, 0.717) is 5.13 Å². The molecule has 1 heterocycles. The first-order valence-electron chi connectivity index (χ1n) is 5.30. The molecule has 1 aromatic rings. The van der Waals surface area contributed by atoms with E-state index in [2.05, 4.69) is 10.3 Å². The van der Waals surface area contributed by atoms with Crippen molar-refractivity contribution < 1.29 is 14.7 Å². The molecule has 6 heteroatoms. The molecule has 1 aliphatic carbocycles. The first-order chi connectivity index (χ1) is 7.84. The van der Waals surface area contributed by atoms with Crippen molar-refractivity contribution in [3.8, 4) is 0 Å². The lowest BCUT2D eigenvalue weighted by atomic mass is 10.1. The van der Waals surface area contributed by atoms with Crippen molar-refractivity contribution in [2.45, 2.75) is 20.8 Å². The number of carbonyl (C=O) groups excluding carboxylic acids is 1. The van der Waals surface area contributed by atoms with Crippen LogP contribution in [0.15, 0.2) is 6.20 Å². The Balaban J connectivity index is 2.05. The van der Waals surface area contributed by atoms with Gasteiger partial charge in [-0.3, -0.25) is 9.59 Å². The van der Waals surface area contributed by atoms with E-state index in [9.17, 15) is 9.59 Å². The number of hydrogen-bond donors (Lipinski definition) is 2. The van der Waals surface area contributed by atoms with E-state index < -0.39 is 23.2 Å². The highest BCUT2D eigenvalue weighted by molar-refractivity contribution is 7.15. The fourth-order valence-electron chi connectivity index (χ4n) is 2.18. The first-order valence-corrected chi connectivity index (χ1v) is 6.12. The Morgan fingerprint density at radius 3 is 2.53 bits per heavy atom. The number of aryl methyl sites for hydroxylation is 1. The highest BCUT2D eigenvalue weighted by Crippen LogP contribution is 2.58. The Kier molecular flexibility index (Phi) is 2.69. The third kappa shape index (κ3) is 2.04. The van der Waals surface area contributed by atoms with E-state index in [1.165, 1.54) is 11.3 Å². The number of carboxylic acid groups (broad SMARTS) is 1. The summed E-state index contributed by atoms with van der Waals surface area (Å²) in [6.45, 7) is 5.49. The summed E-state index contributed by atoms with van der Waals surface area (Å²) in [6.07, 6.45) is 1.67. The van der Waals surface area contributed by atoms with E-state index in [4.69, 9.17) is 5.11 Å². The summed E-state index contributed by atoms with van der Waals surface area (Å²) in [6, 6.07) is 0. The summed E-state index contributed by atoms with van der Waals surface area (Å²) < 4.78 is 0. The lowest BCUT2D eigenvalue weighted by Crippen LogP contribution is -2.17. The number of carboxylic acids is 1. The van der Waals surface area contributed by atoms with Crippen LogP contribution >= 0.6 is 11.3 Å². The van der Waals surface area contributed by atoms with E-state index in [1.54, 1.807) is 20.0 Å². The highest BCUT2D eigenvalue weighted by atomic mass is 32.1. The second kappa shape index (κ2) is 3.80. The van der Waals surface area contributed by atoms with Crippen LogP contribution in [0.1, 0.15) is 18.7 Å². The maximum absolute atomic E-state index is 11.9. The highest BCUT2D eigenvalue weighted by Gasteiger charge is 2.65. The number of amides is 1. The Morgan fingerprint density at radius 2 is 2.12 bits per heavy atom. The van der Waals surface area contributed by atoms with Crippen LogP contribution in [0, 0.1) is 24.2 Å². The molecule has 1 amide bonds. The zero-order valence-corrected chi connectivity index (χ0v) is 10.7. The third-order valence-electron chi connectivity index (χ3n) is 3.23. The number of thiazole rings is 1. The second-order valence-electron chi connectivity index (χ2n) is 4.88. The van der Waals surface area contributed by atoms with Crippen molar-refractivity contribution in [3.63, 3.8) is 0 Å². The normalized spacial score (nSPS) is 25.4. The predicted molar refractivity (Wildman–Crippen MR) is 63.9 cm³/mol. The fraction of sp³-hybridized carbons (Fsp3) is 0.545. The number of carbonyl (C=O) groups is 2. The van der Waals surface area contributed by atoms with E-state index in [0.717, 1.165) is 4.88 Å². The van der Waals surface area contributed by atoms with Gasteiger partial charge in [0.25, 0.3) is 0 Å². The number of anilines is 1. The van der Waals surface area contributed by atoms with Gasteiger partial charge in [0.1, 0.15) is 0 Å². The van der Waals surface area contributed by atoms with Gasteiger partial charge in [0, 0.05) is 11.1 Å². The van der Waals surface area contributed by atoms with Crippen molar-refractivity contribution in [2.75, 3.05) is 5.32 Å². The molecule has 1 aliphatic rings. The minimum absolute atomic E-state index is 0.253. The molecule has 0 unspecified atom stereocenters. The summed E-state index contributed by atoms with van der Waals surface area (Å²) in [5.41, 5.74) is -0.470. The molecule has 0 aliphatic heterocycles. The molecular formula is C11H14N2O3S. The van der Waals surface area contributed by atoms with Crippen molar-refractivity contribution in [1.29, 1.82) is 0 Å². The number of aliphatic carboxylic acids is 1. The van der Waals surface area contributed by atoms with Crippen LogP contribution in [0.25, 0.3) is 0 Å². The van der Waals surface area contributed by atoms with Crippen molar-refractivity contribution >= 4 is 28.3 Å². The van der Waals surface area contributed by atoms with Crippen LogP contribution in [0.3, 0.4) is 0 Å². The van der Waals surface area contributed by atoms with Crippen molar-refractivity contribution in [1.82, 2.24) is 4.98 Å². The molecule has 2 rings (SSSR count). The summed E-state index contributed by atoms with van der Waals surface area (Å²) in [5, 5.41) is 12.2. The average Bonchev–Trinajstić information content (AvgIpc) is 2.54. The molecule has 2 N–H and O–H groups in total. The number of nitrogens with zero attached hydrogens (tertiary/aromatic N) is 1. The van der Waals surface area contributed by atoms with Crippen LogP contribution in [0.4, 0.5) is 5.13 Å². The SMILES string of the molecule is Cc1cnc(NC(=O)[C@@H]2[C@H](C(=O)O)C2(C)C)s1. The van der Waals surface area contributed by atoms with Crippen LogP contribution in [-0.2, 0) is 9.59 Å². The largest absolute Gasteiger partial charge is 0.481 e. The van der Waals surface area contributed by atoms with Crippen LogP contribution in [0.5, 0.6) is 0 Å². The Morgan fingerprint density at radius 1 is 1.47 bits per heavy atom. The monoisotopic (exact) mass is 254 g/mol. The van der Waals surface area contributed by atoms with Gasteiger partial charge in [0.2, 0.25) is 5.91 Å². The Hall–Kier alpha value is -1.43. The van der Waals surface area contributed by atoms with Gasteiger partial charge in [-0.15, -0.1) is 11.3 Å². The minimum Gasteiger partial charge on any atom is -0.481 e. The maximum atomic E-state index is 11.9. The molecule has 1 saturated carbocycles. The molecular weight excluding hydrogens is 240 g/mol. The van der Waals surface area contributed by atoms with Gasteiger partial charge < -0.3 is 10.4 Å². The molecule has 1 aromatic heterocycles. The van der Waals surface area contributed by atoms with Gasteiger partial charge in [-0.25, -0.2) is 4.98 Å². The Labute approximate surface area is 103 Å². The molecule has 2 atom stereocenters. The molecule has 0 bridgehead atoms. The molecule has 5 nitrogen and oxygen atoms in total. The molecule has 17 heavy (non-hydrogen) atoms. The summed E-state index contributed by atoms with van der Waals surface area (Å²) >= 11 is 1.38. The number of rotatable bonds is 3. The fourth-order valence-corrected chi connectivity index (χ4v) is 2.85. The van der Waals surface area contributed by atoms with Gasteiger partial charge in [-0.1, -0.05) is 13.8 Å². The minimum atomic E-state index is -0.912. The predicted octanol–water partition coefficient (Wildman–Crippen LogP) is 1.75. The summed E-state index contributed by atoms with van der Waals surface area (Å²) in [5.74, 6) is -2.23.